The molecule has 1 aromatic carbocycles. The number of anilines is 2. The number of para-hydroxylation sites is 1. The third-order valence-corrected chi connectivity index (χ3v) is 9.83. The number of thiazole rings is 1. The van der Waals surface area contributed by atoms with Gasteiger partial charge in [0.1, 0.15) is 23.5 Å². The number of sulfonamides is 1. The van der Waals surface area contributed by atoms with Crippen LogP contribution in [0.4, 0.5) is 24.9 Å². The van der Waals surface area contributed by atoms with Crippen molar-refractivity contribution < 1.29 is 31.8 Å². The molecule has 3 atom stereocenters. The van der Waals surface area contributed by atoms with Gasteiger partial charge < -0.3 is 20.8 Å². The van der Waals surface area contributed by atoms with Crippen LogP contribution >= 0.6 is 11.3 Å². The van der Waals surface area contributed by atoms with E-state index in [1.165, 1.54) is 15.6 Å². The van der Waals surface area contributed by atoms with E-state index < -0.39 is 40.5 Å². The maximum Gasteiger partial charge on any atom is 0.405 e. The zero-order valence-electron chi connectivity index (χ0n) is 20.4. The van der Waals surface area contributed by atoms with Crippen molar-refractivity contribution in [2.45, 2.75) is 44.2 Å². The summed E-state index contributed by atoms with van der Waals surface area (Å²) in [7, 11) is -3.39. The molecule has 3 aromatic rings. The smallest absolute Gasteiger partial charge is 0.388 e. The molecule has 0 spiro atoms. The summed E-state index contributed by atoms with van der Waals surface area (Å²) in [4.78, 5) is 13.0. The molecule has 2 aromatic heterocycles. The fraction of sp³-hybridized carbons (Fsp3) is 0.522. The van der Waals surface area contributed by atoms with Gasteiger partial charge in [-0.3, -0.25) is 0 Å². The number of rotatable bonds is 7. The minimum absolute atomic E-state index is 0.0113. The van der Waals surface area contributed by atoms with E-state index in [9.17, 15) is 31.8 Å². The fourth-order valence-corrected chi connectivity index (χ4v) is 7.59. The monoisotopic (exact) mass is 572 g/mol. The molecular formula is C23H27F3N6O4S2. The molecule has 1 saturated heterocycles. The number of aromatic nitrogens is 3. The number of halogens is 3. The zero-order chi connectivity index (χ0) is 27.3. The first-order valence-corrected chi connectivity index (χ1v) is 14.5. The summed E-state index contributed by atoms with van der Waals surface area (Å²) >= 11 is 1.33. The van der Waals surface area contributed by atoms with Gasteiger partial charge in [0, 0.05) is 19.0 Å². The van der Waals surface area contributed by atoms with Crippen molar-refractivity contribution in [1.29, 1.82) is 0 Å². The molecule has 2 fully saturated rings. The number of aryl methyl sites for hydroxylation is 1. The van der Waals surface area contributed by atoms with E-state index in [-0.39, 0.29) is 30.5 Å². The van der Waals surface area contributed by atoms with Gasteiger partial charge in [0.15, 0.2) is 5.72 Å². The van der Waals surface area contributed by atoms with Gasteiger partial charge in [0.25, 0.3) is 0 Å². The largest absolute Gasteiger partial charge is 0.405 e. The van der Waals surface area contributed by atoms with E-state index in [1.807, 2.05) is 24.3 Å². The molecular weight excluding hydrogens is 545 g/mol. The van der Waals surface area contributed by atoms with Gasteiger partial charge >= 0.3 is 6.18 Å². The Hall–Kier alpha value is -2.59. The summed E-state index contributed by atoms with van der Waals surface area (Å²) in [6.07, 6.45) is -4.95. The van der Waals surface area contributed by atoms with Crippen molar-refractivity contribution in [1.82, 2.24) is 19.3 Å². The number of aliphatic hydroxyl groups excluding tert-OH is 1. The van der Waals surface area contributed by atoms with Gasteiger partial charge in [-0.2, -0.15) is 18.2 Å². The highest BCUT2D eigenvalue weighted by molar-refractivity contribution is 7.89. The Morgan fingerprint density at radius 3 is 2.68 bits per heavy atom. The SMILES string of the molecule is Cc1nc(NCC(F)(F)F)nc(N[C@@]2(O)CC[C@H](CN3CCCS3(=O)=O)[C@H]2O)c1-c1nc2ccccc2s1. The molecule has 38 heavy (non-hydrogen) atoms. The predicted molar refractivity (Wildman–Crippen MR) is 137 cm³/mol. The van der Waals surface area contributed by atoms with Crippen LogP contribution in [0.5, 0.6) is 0 Å². The Morgan fingerprint density at radius 1 is 1.24 bits per heavy atom. The van der Waals surface area contributed by atoms with E-state index in [0.29, 0.717) is 41.2 Å². The average Bonchev–Trinajstić information content (AvgIpc) is 3.48. The number of nitrogens with one attached hydrogen (secondary N) is 2. The third-order valence-electron chi connectivity index (χ3n) is 6.85. The van der Waals surface area contributed by atoms with Crippen molar-refractivity contribution >= 4 is 43.3 Å². The lowest BCUT2D eigenvalue weighted by Gasteiger charge is -2.32. The zero-order valence-corrected chi connectivity index (χ0v) is 22.0. The summed E-state index contributed by atoms with van der Waals surface area (Å²) in [5.74, 6) is -0.783. The van der Waals surface area contributed by atoms with E-state index in [1.54, 1.807) is 6.92 Å². The maximum atomic E-state index is 12.8. The second-order valence-electron chi connectivity index (χ2n) is 9.63. The molecule has 0 radical (unpaired) electrons. The summed E-state index contributed by atoms with van der Waals surface area (Å²) in [6, 6.07) is 7.39. The number of fused-ring (bicyclic) bond motifs is 1. The normalized spacial score (nSPS) is 25.7. The first kappa shape index (κ1) is 27.0. The Balaban J connectivity index is 1.48. The van der Waals surface area contributed by atoms with Crippen LogP contribution in [0.15, 0.2) is 24.3 Å². The molecule has 1 aliphatic heterocycles. The molecule has 0 bridgehead atoms. The molecule has 3 heterocycles. The van der Waals surface area contributed by atoms with Crippen LogP contribution in [0.3, 0.4) is 0 Å². The van der Waals surface area contributed by atoms with Gasteiger partial charge in [-0.15, -0.1) is 11.3 Å². The molecule has 1 aliphatic carbocycles. The summed E-state index contributed by atoms with van der Waals surface area (Å²) in [5.41, 5.74) is -0.484. The summed E-state index contributed by atoms with van der Waals surface area (Å²) in [6.45, 7) is 0.673. The van der Waals surface area contributed by atoms with E-state index in [4.69, 9.17) is 0 Å². The minimum Gasteiger partial charge on any atom is -0.388 e. The first-order valence-electron chi connectivity index (χ1n) is 12.1. The quantitative estimate of drug-likeness (QED) is 0.315. The Labute approximate surface area is 221 Å². The van der Waals surface area contributed by atoms with Crippen LogP contribution in [0.1, 0.15) is 25.0 Å². The average molecular weight is 573 g/mol. The van der Waals surface area contributed by atoms with E-state index in [0.717, 1.165) is 4.70 Å². The Kier molecular flexibility index (Phi) is 7.01. The van der Waals surface area contributed by atoms with Crippen molar-refractivity contribution in [3.05, 3.63) is 30.0 Å². The van der Waals surface area contributed by atoms with Gasteiger partial charge in [-0.05, 0) is 38.3 Å². The number of hydrogen-bond donors (Lipinski definition) is 4. The first-order chi connectivity index (χ1) is 17.8. The number of nitrogens with zero attached hydrogens (tertiary/aromatic N) is 4. The van der Waals surface area contributed by atoms with Crippen LogP contribution in [-0.4, -0.2) is 81.3 Å². The third kappa shape index (κ3) is 5.43. The second kappa shape index (κ2) is 9.86. The van der Waals surface area contributed by atoms with Crippen LogP contribution in [0.2, 0.25) is 0 Å². The maximum absolute atomic E-state index is 12.8. The standard InChI is InChI=1S/C23H27F3N6O4S2/c1-13-17(20-29-15-5-2-3-6-16(15)37-20)19(30-21(28-13)27-12-23(24,25)26)31-22(34)8-7-14(18(22)33)11-32-9-4-10-38(32,35)36/h2-3,5-6,14,18,33-34H,4,7-12H2,1H3,(H2,27,28,30,31)/t14-,18-,22-/m1/s1. The summed E-state index contributed by atoms with van der Waals surface area (Å²) in [5, 5.41) is 28.0. The molecule has 0 amide bonds. The molecule has 4 N–H and O–H groups in total. The van der Waals surface area contributed by atoms with Crippen LogP contribution in [-0.2, 0) is 10.0 Å². The van der Waals surface area contributed by atoms with Crippen LogP contribution in [0.25, 0.3) is 20.8 Å². The lowest BCUT2D eigenvalue weighted by atomic mass is 10.0. The second-order valence-corrected chi connectivity index (χ2v) is 12.8. The number of aliphatic hydroxyl groups is 2. The van der Waals surface area contributed by atoms with Gasteiger partial charge in [0.2, 0.25) is 16.0 Å². The fourth-order valence-electron chi connectivity index (χ4n) is 4.95. The minimum atomic E-state index is -4.50. The van der Waals surface area contributed by atoms with E-state index >= 15 is 0 Å². The lowest BCUT2D eigenvalue weighted by molar-refractivity contribution is -0.115. The van der Waals surface area contributed by atoms with Crippen molar-refractivity contribution in [2.75, 3.05) is 36.0 Å². The van der Waals surface area contributed by atoms with Crippen molar-refractivity contribution in [3.8, 4) is 10.6 Å². The van der Waals surface area contributed by atoms with Crippen molar-refractivity contribution in [3.63, 3.8) is 0 Å². The number of alkyl halides is 3. The lowest BCUT2D eigenvalue weighted by Crippen LogP contribution is -2.49. The molecule has 2 aliphatic rings. The molecule has 5 rings (SSSR count). The highest BCUT2D eigenvalue weighted by Crippen LogP contribution is 2.41. The predicted octanol–water partition coefficient (Wildman–Crippen LogP) is 2.94. The van der Waals surface area contributed by atoms with Crippen molar-refractivity contribution in [2.24, 2.45) is 5.92 Å². The van der Waals surface area contributed by atoms with Gasteiger partial charge in [-0.1, -0.05) is 12.1 Å². The molecule has 1 saturated carbocycles. The topological polar surface area (TPSA) is 141 Å². The highest BCUT2D eigenvalue weighted by atomic mass is 32.2. The van der Waals surface area contributed by atoms with E-state index in [2.05, 4.69) is 25.6 Å². The van der Waals surface area contributed by atoms with Crippen LogP contribution < -0.4 is 10.6 Å². The molecule has 0 unspecified atom stereocenters. The van der Waals surface area contributed by atoms with Gasteiger partial charge in [-0.25, -0.2) is 22.7 Å². The molecule has 206 valence electrons. The molecule has 10 nitrogen and oxygen atoms in total. The highest BCUT2D eigenvalue weighted by Gasteiger charge is 2.49. The number of benzene rings is 1. The Morgan fingerprint density at radius 2 is 2.00 bits per heavy atom. The summed E-state index contributed by atoms with van der Waals surface area (Å²) < 4.78 is 65.2. The number of hydrogen-bond acceptors (Lipinski definition) is 10. The van der Waals surface area contributed by atoms with Gasteiger partial charge in [0.05, 0.1) is 27.2 Å². The Bertz CT molecular complexity index is 1420. The van der Waals surface area contributed by atoms with Crippen LogP contribution in [0, 0.1) is 12.8 Å². The molecule has 15 heteroatoms.